The van der Waals surface area contributed by atoms with Crippen molar-refractivity contribution in [1.82, 2.24) is 15.0 Å². The number of aryl methyl sites for hydroxylation is 1. The lowest BCUT2D eigenvalue weighted by molar-refractivity contribution is 0.544. The first-order chi connectivity index (χ1) is 5.25. The van der Waals surface area contributed by atoms with Gasteiger partial charge in [0, 0.05) is 6.54 Å². The van der Waals surface area contributed by atoms with Gasteiger partial charge in [0.25, 0.3) is 5.95 Å². The van der Waals surface area contributed by atoms with Crippen LogP contribution in [0.4, 0.5) is 4.39 Å². The number of aromatic nitrogens is 3. The van der Waals surface area contributed by atoms with Crippen LogP contribution in [0, 0.1) is 5.95 Å². The van der Waals surface area contributed by atoms with Gasteiger partial charge in [0.2, 0.25) is 0 Å². The minimum atomic E-state index is -0.541. The summed E-state index contributed by atoms with van der Waals surface area (Å²) in [5.41, 5.74) is 0. The van der Waals surface area contributed by atoms with E-state index in [1.807, 2.05) is 0 Å². The van der Waals surface area contributed by atoms with Crippen molar-refractivity contribution in [1.29, 1.82) is 0 Å². The van der Waals surface area contributed by atoms with Crippen LogP contribution in [0.5, 0.6) is 0 Å². The van der Waals surface area contributed by atoms with Crippen LogP contribution < -0.4 is 0 Å². The maximum Gasteiger partial charge on any atom is 0.267 e. The molecule has 0 N–H and O–H groups in total. The highest BCUT2D eigenvalue weighted by Gasteiger charge is 2.07. The summed E-state index contributed by atoms with van der Waals surface area (Å²) in [6.45, 7) is 2.79. The molecule has 1 heterocycles. The Hall–Kier alpha value is -0.450. The van der Waals surface area contributed by atoms with Crippen molar-refractivity contribution in [3.63, 3.8) is 0 Å². The first-order valence-corrected chi connectivity index (χ1v) is 4.29. The fraction of sp³-hybridized carbons (Fsp3) is 0.667. The molecule has 0 aliphatic rings. The minimum absolute atomic E-state index is 0.339. The lowest BCUT2D eigenvalue weighted by Crippen LogP contribution is -2.00. The molecule has 0 aliphatic carbocycles. The van der Waals surface area contributed by atoms with Gasteiger partial charge in [-0.05, 0) is 22.4 Å². The second-order valence-electron chi connectivity index (χ2n) is 2.25. The summed E-state index contributed by atoms with van der Waals surface area (Å²) in [6.07, 6.45) is 2.05. The molecule has 0 atom stereocenters. The molecule has 1 aromatic heterocycles. The Bertz CT molecular complexity index is 236. The predicted molar refractivity (Wildman–Crippen MR) is 42.6 cm³/mol. The maximum absolute atomic E-state index is 12.5. The van der Waals surface area contributed by atoms with Crippen molar-refractivity contribution in [3.8, 4) is 0 Å². The number of hydrogen-bond acceptors (Lipinski definition) is 2. The monoisotopic (exact) mass is 221 g/mol. The van der Waals surface area contributed by atoms with Crippen molar-refractivity contribution >= 4 is 15.9 Å². The topological polar surface area (TPSA) is 30.7 Å². The van der Waals surface area contributed by atoms with E-state index >= 15 is 0 Å². The molecule has 0 unspecified atom stereocenters. The van der Waals surface area contributed by atoms with Gasteiger partial charge in [-0.1, -0.05) is 23.7 Å². The van der Waals surface area contributed by atoms with Crippen LogP contribution in [0.1, 0.15) is 19.8 Å². The van der Waals surface area contributed by atoms with Gasteiger partial charge in [-0.25, -0.2) is 4.68 Å². The molecule has 5 heteroatoms. The molecular weight excluding hydrogens is 213 g/mol. The van der Waals surface area contributed by atoms with Crippen LogP contribution in [-0.2, 0) is 6.54 Å². The lowest BCUT2D eigenvalue weighted by Gasteiger charge is -1.97. The Labute approximate surface area is 72.7 Å². The number of rotatable bonds is 3. The first-order valence-electron chi connectivity index (χ1n) is 3.50. The van der Waals surface area contributed by atoms with Gasteiger partial charge in [-0.15, -0.1) is 0 Å². The van der Waals surface area contributed by atoms with E-state index in [0.29, 0.717) is 11.1 Å². The van der Waals surface area contributed by atoms with Crippen molar-refractivity contribution in [2.24, 2.45) is 0 Å². The summed E-state index contributed by atoms with van der Waals surface area (Å²) in [5.74, 6) is -0.541. The minimum Gasteiger partial charge on any atom is -0.235 e. The van der Waals surface area contributed by atoms with E-state index in [0.717, 1.165) is 12.8 Å². The Kier molecular flexibility index (Phi) is 2.99. The summed E-state index contributed by atoms with van der Waals surface area (Å²) in [4.78, 5) is 0. The molecule has 62 valence electrons. The smallest absolute Gasteiger partial charge is 0.235 e. The van der Waals surface area contributed by atoms with Crippen molar-refractivity contribution in [3.05, 3.63) is 10.6 Å². The van der Waals surface area contributed by atoms with E-state index in [1.165, 1.54) is 4.68 Å². The maximum atomic E-state index is 12.5. The fourth-order valence-corrected chi connectivity index (χ4v) is 1.06. The molecule has 0 bridgehead atoms. The Morgan fingerprint density at radius 3 is 2.82 bits per heavy atom. The van der Waals surface area contributed by atoms with Crippen LogP contribution >= 0.6 is 15.9 Å². The van der Waals surface area contributed by atoms with Gasteiger partial charge in [-0.3, -0.25) is 0 Å². The van der Waals surface area contributed by atoms with Crippen molar-refractivity contribution < 1.29 is 4.39 Å². The normalized spacial score (nSPS) is 10.5. The van der Waals surface area contributed by atoms with E-state index in [9.17, 15) is 4.39 Å². The molecule has 3 nitrogen and oxygen atoms in total. The zero-order valence-corrected chi connectivity index (χ0v) is 7.80. The van der Waals surface area contributed by atoms with Gasteiger partial charge in [-0.2, -0.15) is 4.39 Å². The molecule has 1 rings (SSSR count). The number of unbranched alkanes of at least 4 members (excludes halogenated alkanes) is 1. The third kappa shape index (κ3) is 1.99. The highest BCUT2D eigenvalue weighted by molar-refractivity contribution is 9.10. The molecule has 0 spiro atoms. The molecule has 0 saturated heterocycles. The molecule has 0 aliphatic heterocycles. The summed E-state index contributed by atoms with van der Waals surface area (Å²) >= 11 is 3.04. The average molecular weight is 222 g/mol. The standard InChI is InChI=1S/C6H9BrFN3/c1-2-3-4-11-5(7)6(8)9-10-11/h2-4H2,1H3. The second-order valence-corrected chi connectivity index (χ2v) is 3.00. The van der Waals surface area contributed by atoms with E-state index in [-0.39, 0.29) is 0 Å². The summed E-state index contributed by atoms with van der Waals surface area (Å²) in [7, 11) is 0. The van der Waals surface area contributed by atoms with E-state index < -0.39 is 5.95 Å². The van der Waals surface area contributed by atoms with Gasteiger partial charge < -0.3 is 0 Å². The SMILES string of the molecule is CCCCn1nnc(F)c1Br. The van der Waals surface area contributed by atoms with Gasteiger partial charge in [0.15, 0.2) is 4.60 Å². The summed E-state index contributed by atoms with van der Waals surface area (Å²) < 4.78 is 14.4. The van der Waals surface area contributed by atoms with Gasteiger partial charge in [0.05, 0.1) is 0 Å². The van der Waals surface area contributed by atoms with Crippen LogP contribution in [-0.4, -0.2) is 15.0 Å². The fourth-order valence-electron chi connectivity index (χ4n) is 0.731. The van der Waals surface area contributed by atoms with Crippen LogP contribution in [0.3, 0.4) is 0 Å². The van der Waals surface area contributed by atoms with Crippen LogP contribution in [0.2, 0.25) is 0 Å². The molecule has 0 fully saturated rings. The molecule has 1 aromatic rings. The molecule has 0 radical (unpaired) electrons. The Morgan fingerprint density at radius 2 is 2.36 bits per heavy atom. The molecule has 0 amide bonds. The first kappa shape index (κ1) is 8.64. The molecular formula is C6H9BrFN3. The highest BCUT2D eigenvalue weighted by Crippen LogP contribution is 2.11. The average Bonchev–Trinajstić information content (AvgIpc) is 2.31. The number of nitrogens with zero attached hydrogens (tertiary/aromatic N) is 3. The van der Waals surface area contributed by atoms with Crippen LogP contribution in [0.25, 0.3) is 0 Å². The molecule has 0 aromatic carbocycles. The van der Waals surface area contributed by atoms with E-state index in [4.69, 9.17) is 0 Å². The molecule has 11 heavy (non-hydrogen) atoms. The number of hydrogen-bond donors (Lipinski definition) is 0. The number of halogens is 2. The van der Waals surface area contributed by atoms with E-state index in [1.54, 1.807) is 0 Å². The van der Waals surface area contributed by atoms with E-state index in [2.05, 4.69) is 33.2 Å². The summed E-state index contributed by atoms with van der Waals surface area (Å²) in [6, 6.07) is 0. The second kappa shape index (κ2) is 3.80. The van der Waals surface area contributed by atoms with Crippen molar-refractivity contribution in [2.75, 3.05) is 0 Å². The zero-order chi connectivity index (χ0) is 8.27. The van der Waals surface area contributed by atoms with Crippen molar-refractivity contribution in [2.45, 2.75) is 26.3 Å². The predicted octanol–water partition coefficient (Wildman–Crippen LogP) is 1.98. The third-order valence-corrected chi connectivity index (χ3v) is 2.10. The Balaban J connectivity index is 2.63. The van der Waals surface area contributed by atoms with Gasteiger partial charge in [0.1, 0.15) is 0 Å². The quantitative estimate of drug-likeness (QED) is 0.782. The largest absolute Gasteiger partial charge is 0.267 e. The zero-order valence-electron chi connectivity index (χ0n) is 6.22. The summed E-state index contributed by atoms with van der Waals surface area (Å²) in [5, 5.41) is 6.87. The molecule has 0 saturated carbocycles. The third-order valence-electron chi connectivity index (χ3n) is 1.36. The highest BCUT2D eigenvalue weighted by atomic mass is 79.9. The Morgan fingerprint density at radius 1 is 1.64 bits per heavy atom. The lowest BCUT2D eigenvalue weighted by atomic mass is 10.3. The van der Waals surface area contributed by atoms with Gasteiger partial charge >= 0.3 is 0 Å². The van der Waals surface area contributed by atoms with Crippen LogP contribution in [0.15, 0.2) is 4.60 Å².